The van der Waals surface area contributed by atoms with Gasteiger partial charge in [0, 0.05) is 25.7 Å². The molecule has 0 spiro atoms. The van der Waals surface area contributed by atoms with Crippen molar-refractivity contribution in [3.8, 4) is 0 Å². The summed E-state index contributed by atoms with van der Waals surface area (Å²) < 4.78 is 68.5. The molecule has 17 nitrogen and oxygen atoms in total. The number of phosphoric acid groups is 2. The first-order valence-corrected chi connectivity index (χ1v) is 41.7. The van der Waals surface area contributed by atoms with Gasteiger partial charge in [-0.25, -0.2) is 9.13 Å². The normalized spacial score (nSPS) is 14.3. The van der Waals surface area contributed by atoms with E-state index in [9.17, 15) is 43.2 Å². The van der Waals surface area contributed by atoms with Crippen molar-refractivity contribution in [2.24, 2.45) is 5.92 Å². The molecule has 19 heteroatoms. The van der Waals surface area contributed by atoms with Gasteiger partial charge in [0.2, 0.25) is 0 Å². The lowest BCUT2D eigenvalue weighted by molar-refractivity contribution is -0.161. The fourth-order valence-electron chi connectivity index (χ4n) is 11.3. The van der Waals surface area contributed by atoms with E-state index in [4.69, 9.17) is 37.0 Å². The minimum absolute atomic E-state index is 0.105. The Labute approximate surface area is 568 Å². The molecule has 0 saturated heterocycles. The molecule has 0 aliphatic carbocycles. The molecule has 6 atom stereocenters. The highest BCUT2D eigenvalue weighted by Crippen LogP contribution is 2.45. The van der Waals surface area contributed by atoms with Crippen LogP contribution in [0, 0.1) is 5.92 Å². The Bertz CT molecular complexity index is 1790. The Morgan fingerprint density at radius 3 is 0.763 bits per heavy atom. The van der Waals surface area contributed by atoms with Gasteiger partial charge in [-0.3, -0.25) is 37.3 Å². The summed E-state index contributed by atoms with van der Waals surface area (Å²) in [6, 6.07) is 0. The third-order valence-corrected chi connectivity index (χ3v) is 19.5. The predicted octanol–water partition coefficient (Wildman–Crippen LogP) is 21.7. The third-order valence-electron chi connectivity index (χ3n) is 17.6. The highest BCUT2D eigenvalue weighted by molar-refractivity contribution is 7.47. The molecule has 0 heterocycles. The van der Waals surface area contributed by atoms with Gasteiger partial charge in [0.15, 0.2) is 12.2 Å². The van der Waals surface area contributed by atoms with Crippen LogP contribution in [0.5, 0.6) is 0 Å². The van der Waals surface area contributed by atoms with Gasteiger partial charge in [0.1, 0.15) is 19.3 Å². The van der Waals surface area contributed by atoms with Gasteiger partial charge < -0.3 is 33.8 Å². The van der Waals surface area contributed by atoms with Crippen molar-refractivity contribution < 1.29 is 80.2 Å². The summed E-state index contributed by atoms with van der Waals surface area (Å²) in [6.45, 7) is 7.27. The van der Waals surface area contributed by atoms with E-state index in [0.29, 0.717) is 25.7 Å². The molecule has 0 aliphatic rings. The Morgan fingerprint density at radius 2 is 0.516 bits per heavy atom. The second-order valence-electron chi connectivity index (χ2n) is 26.9. The van der Waals surface area contributed by atoms with E-state index in [-0.39, 0.29) is 25.7 Å². The highest BCUT2D eigenvalue weighted by Gasteiger charge is 2.30. The van der Waals surface area contributed by atoms with Crippen LogP contribution in [0.15, 0.2) is 0 Å². The molecule has 552 valence electrons. The Morgan fingerprint density at radius 1 is 0.301 bits per heavy atom. The summed E-state index contributed by atoms with van der Waals surface area (Å²) in [4.78, 5) is 72.7. The van der Waals surface area contributed by atoms with Crippen LogP contribution in [0.1, 0.15) is 388 Å². The molecule has 0 bridgehead atoms. The van der Waals surface area contributed by atoms with Crippen molar-refractivity contribution in [3.63, 3.8) is 0 Å². The molecular weight excluding hydrogens is 1220 g/mol. The maximum Gasteiger partial charge on any atom is 0.472 e. The van der Waals surface area contributed by atoms with E-state index in [1.165, 1.54) is 212 Å². The standard InChI is InChI=1S/C74H144O17P2/c1-6-10-13-16-19-22-25-27-29-31-33-35-38-44-49-54-59-73(78)90-69(63-85-72(77)58-53-48-43-37-34-32-30-28-26-23-20-17-14-11-7-2)65-88-92(80,81)86-61-68(75)62-87-93(82,83)89-66-70(64-84-71(76)57-52-47-42-36-24-21-18-15-12-8-3)91-74(79)60-55-50-45-40-39-41-46-51-56-67(5)9-4/h67-70,75H,6-66H2,1-5H3,(H,80,81)(H,82,83)/t67?,68-,69-,70-/m1/s1. The molecular formula is C74H144O17P2. The Hall–Kier alpha value is -1.94. The van der Waals surface area contributed by atoms with Crippen molar-refractivity contribution in [3.05, 3.63) is 0 Å². The van der Waals surface area contributed by atoms with Gasteiger partial charge in [-0.15, -0.1) is 0 Å². The van der Waals surface area contributed by atoms with E-state index in [1.54, 1.807) is 0 Å². The molecule has 0 fully saturated rings. The molecule has 0 rings (SSSR count). The van der Waals surface area contributed by atoms with Crippen molar-refractivity contribution in [2.45, 2.75) is 406 Å². The van der Waals surface area contributed by atoms with Gasteiger partial charge in [-0.1, -0.05) is 336 Å². The van der Waals surface area contributed by atoms with Gasteiger partial charge in [0.25, 0.3) is 0 Å². The minimum Gasteiger partial charge on any atom is -0.462 e. The fourth-order valence-corrected chi connectivity index (χ4v) is 12.9. The maximum atomic E-state index is 13.1. The first kappa shape index (κ1) is 91.1. The average molecular weight is 1370 g/mol. The maximum absolute atomic E-state index is 13.1. The number of hydrogen-bond acceptors (Lipinski definition) is 15. The molecule has 0 aromatic rings. The van der Waals surface area contributed by atoms with Crippen LogP contribution in [-0.2, 0) is 65.4 Å². The molecule has 0 radical (unpaired) electrons. The molecule has 0 saturated carbocycles. The number of aliphatic hydroxyl groups excluding tert-OH is 1. The first-order chi connectivity index (χ1) is 45.1. The third kappa shape index (κ3) is 67.0. The monoisotopic (exact) mass is 1370 g/mol. The number of ether oxygens (including phenoxy) is 4. The SMILES string of the molecule is CCCCCCCCCCCCCCCCCCC(=O)O[C@H](COC(=O)CCCCCCCCCCCCCCCCC)COP(=O)(O)OC[C@@H](O)COP(=O)(O)OC[C@@H](COC(=O)CCCCCCCCCCCC)OC(=O)CCCCCCCCCCC(C)CC. The number of carbonyl (C=O) groups is 4. The Kier molecular flexibility index (Phi) is 65.9. The topological polar surface area (TPSA) is 237 Å². The molecule has 3 N–H and O–H groups in total. The van der Waals surface area contributed by atoms with Crippen LogP contribution in [0.25, 0.3) is 0 Å². The average Bonchev–Trinajstić information content (AvgIpc) is 3.35. The van der Waals surface area contributed by atoms with E-state index >= 15 is 0 Å². The second-order valence-corrected chi connectivity index (χ2v) is 29.8. The summed E-state index contributed by atoms with van der Waals surface area (Å²) in [5, 5.41) is 10.6. The van der Waals surface area contributed by atoms with Crippen LogP contribution in [0.2, 0.25) is 0 Å². The van der Waals surface area contributed by atoms with Gasteiger partial charge in [-0.05, 0) is 31.6 Å². The van der Waals surface area contributed by atoms with E-state index in [2.05, 4.69) is 34.6 Å². The zero-order valence-electron chi connectivity index (χ0n) is 60.4. The number of phosphoric ester groups is 2. The summed E-state index contributed by atoms with van der Waals surface area (Å²) in [7, 11) is -9.91. The van der Waals surface area contributed by atoms with E-state index in [0.717, 1.165) is 95.8 Å². The molecule has 93 heavy (non-hydrogen) atoms. The van der Waals surface area contributed by atoms with E-state index in [1.807, 2.05) is 0 Å². The largest absolute Gasteiger partial charge is 0.472 e. The summed E-state index contributed by atoms with van der Waals surface area (Å²) >= 11 is 0. The van der Waals surface area contributed by atoms with Crippen molar-refractivity contribution in [1.82, 2.24) is 0 Å². The van der Waals surface area contributed by atoms with E-state index < -0.39 is 97.5 Å². The zero-order valence-corrected chi connectivity index (χ0v) is 62.2. The smallest absolute Gasteiger partial charge is 0.462 e. The first-order valence-electron chi connectivity index (χ1n) is 38.7. The number of hydrogen-bond donors (Lipinski definition) is 3. The van der Waals surface area contributed by atoms with Crippen LogP contribution in [-0.4, -0.2) is 96.7 Å². The predicted molar refractivity (Wildman–Crippen MR) is 377 cm³/mol. The number of unbranched alkanes of at least 4 members (excludes halogenated alkanes) is 45. The van der Waals surface area contributed by atoms with Gasteiger partial charge in [0.05, 0.1) is 26.4 Å². The Balaban J connectivity index is 5.25. The lowest BCUT2D eigenvalue weighted by Gasteiger charge is -2.21. The zero-order chi connectivity index (χ0) is 68.4. The van der Waals surface area contributed by atoms with Crippen LogP contribution in [0.4, 0.5) is 0 Å². The van der Waals surface area contributed by atoms with Crippen LogP contribution in [0.3, 0.4) is 0 Å². The summed E-state index contributed by atoms with van der Waals surface area (Å²) in [5.41, 5.74) is 0. The number of aliphatic hydroxyl groups is 1. The van der Waals surface area contributed by atoms with Crippen LogP contribution >= 0.6 is 15.6 Å². The summed E-state index contributed by atoms with van der Waals surface area (Å²) in [6.07, 6.45) is 55.3. The number of esters is 4. The molecule has 0 aliphatic heterocycles. The number of rotatable bonds is 74. The quantitative estimate of drug-likeness (QED) is 0.0222. The lowest BCUT2D eigenvalue weighted by Crippen LogP contribution is -2.30. The van der Waals surface area contributed by atoms with Gasteiger partial charge >= 0.3 is 39.5 Å². The minimum atomic E-state index is -4.95. The van der Waals surface area contributed by atoms with Crippen molar-refractivity contribution >= 4 is 39.5 Å². The van der Waals surface area contributed by atoms with Gasteiger partial charge in [-0.2, -0.15) is 0 Å². The summed E-state index contributed by atoms with van der Waals surface area (Å²) in [5.74, 6) is -1.35. The molecule has 3 unspecified atom stereocenters. The fraction of sp³-hybridized carbons (Fsp3) is 0.946. The molecule has 0 aromatic carbocycles. The lowest BCUT2D eigenvalue weighted by atomic mass is 9.99. The highest BCUT2D eigenvalue weighted by atomic mass is 31.2. The number of carbonyl (C=O) groups excluding carboxylic acids is 4. The van der Waals surface area contributed by atoms with Crippen molar-refractivity contribution in [1.29, 1.82) is 0 Å². The molecule has 0 amide bonds. The molecule has 0 aromatic heterocycles. The second kappa shape index (κ2) is 67.3. The van der Waals surface area contributed by atoms with Crippen LogP contribution < -0.4 is 0 Å². The van der Waals surface area contributed by atoms with Crippen molar-refractivity contribution in [2.75, 3.05) is 39.6 Å².